The van der Waals surface area contributed by atoms with Crippen molar-refractivity contribution in [2.45, 2.75) is 19.3 Å². The van der Waals surface area contributed by atoms with E-state index in [1.54, 1.807) is 0 Å². The minimum absolute atomic E-state index is 0.988. The molecule has 0 saturated carbocycles. The Morgan fingerprint density at radius 1 is 0.467 bits per heavy atom. The number of benzene rings is 4. The normalized spacial score (nSPS) is 15.0. The third kappa shape index (κ3) is 2.22. The molecule has 3 aliphatic rings. The van der Waals surface area contributed by atoms with E-state index in [0.717, 1.165) is 19.3 Å². The van der Waals surface area contributed by atoms with E-state index < -0.39 is 0 Å². The van der Waals surface area contributed by atoms with Crippen LogP contribution in [0, 0.1) is 0 Å². The van der Waals surface area contributed by atoms with E-state index in [1.165, 1.54) is 71.3 Å². The van der Waals surface area contributed by atoms with Gasteiger partial charge in [0, 0.05) is 16.5 Å². The first-order chi connectivity index (χ1) is 14.8. The van der Waals surface area contributed by atoms with E-state index in [2.05, 4.69) is 94.8 Å². The molecule has 4 aromatic rings. The summed E-state index contributed by atoms with van der Waals surface area (Å²) in [6.45, 7) is 0. The highest BCUT2D eigenvalue weighted by atomic mass is 79.9. The Kier molecular flexibility index (Phi) is 3.40. The molecular weight excluding hydrogens is 428 g/mol. The van der Waals surface area contributed by atoms with E-state index in [4.69, 9.17) is 0 Å². The molecule has 0 heterocycles. The predicted molar refractivity (Wildman–Crippen MR) is 128 cm³/mol. The quantitative estimate of drug-likeness (QED) is 0.244. The van der Waals surface area contributed by atoms with Gasteiger partial charge in [-0.25, -0.2) is 0 Å². The van der Waals surface area contributed by atoms with E-state index in [0.29, 0.717) is 0 Å². The van der Waals surface area contributed by atoms with Gasteiger partial charge in [-0.3, -0.25) is 0 Å². The zero-order chi connectivity index (χ0) is 19.8. The third-order valence-electron chi connectivity index (χ3n) is 6.99. The zero-order valence-electron chi connectivity index (χ0n) is 16.5. The fraction of sp³-hybridized carbons (Fsp3) is 0.103. The molecule has 0 fully saturated rings. The van der Waals surface area contributed by atoms with Gasteiger partial charge < -0.3 is 0 Å². The smallest absolute Gasteiger partial charge is 0.00794 e. The number of fused-ring (bicyclic) bond motifs is 7. The van der Waals surface area contributed by atoms with Gasteiger partial charge >= 0.3 is 0 Å². The molecule has 0 atom stereocenters. The van der Waals surface area contributed by atoms with Crippen LogP contribution in [0.15, 0.2) is 83.3 Å². The molecule has 0 unspecified atom stereocenters. The Balaban J connectivity index is 1.44. The van der Waals surface area contributed by atoms with Crippen LogP contribution in [0.5, 0.6) is 0 Å². The van der Waals surface area contributed by atoms with Crippen LogP contribution in [0.25, 0.3) is 27.8 Å². The second kappa shape index (κ2) is 6.06. The Hall–Kier alpha value is -2.90. The van der Waals surface area contributed by atoms with Crippen LogP contribution in [-0.2, 0) is 19.3 Å². The SMILES string of the molecule is BrC1=C(c2cccc3c2-c2cc4c(cc2C3)-c2ccccc2C4)c2ccccc2C1. The molecule has 1 heteroatoms. The average molecular weight is 447 g/mol. The van der Waals surface area contributed by atoms with Crippen LogP contribution in [0.2, 0.25) is 0 Å². The summed E-state index contributed by atoms with van der Waals surface area (Å²) in [4.78, 5) is 0. The number of rotatable bonds is 1. The van der Waals surface area contributed by atoms with Crippen molar-refractivity contribution in [3.05, 3.63) is 122 Å². The van der Waals surface area contributed by atoms with Crippen molar-refractivity contribution in [3.63, 3.8) is 0 Å². The Morgan fingerprint density at radius 3 is 1.93 bits per heavy atom. The van der Waals surface area contributed by atoms with Gasteiger partial charge in [0.1, 0.15) is 0 Å². The molecule has 30 heavy (non-hydrogen) atoms. The molecule has 7 rings (SSSR count). The van der Waals surface area contributed by atoms with Crippen molar-refractivity contribution in [3.8, 4) is 22.3 Å². The van der Waals surface area contributed by atoms with E-state index in [1.807, 2.05) is 0 Å². The Labute approximate surface area is 185 Å². The summed E-state index contributed by atoms with van der Waals surface area (Å²) in [6, 6.07) is 29.5. The summed E-state index contributed by atoms with van der Waals surface area (Å²) in [7, 11) is 0. The fourth-order valence-corrected chi connectivity index (χ4v) is 6.43. The molecular formula is C29H19Br. The summed E-state index contributed by atoms with van der Waals surface area (Å²) < 4.78 is 1.30. The number of hydrogen-bond acceptors (Lipinski definition) is 0. The number of halogens is 1. The lowest BCUT2D eigenvalue weighted by atomic mass is 9.90. The van der Waals surface area contributed by atoms with Gasteiger partial charge in [0.25, 0.3) is 0 Å². The lowest BCUT2D eigenvalue weighted by molar-refractivity contribution is 1.24. The van der Waals surface area contributed by atoms with Crippen LogP contribution in [0.1, 0.15) is 38.9 Å². The van der Waals surface area contributed by atoms with Crippen LogP contribution in [-0.4, -0.2) is 0 Å². The maximum atomic E-state index is 3.92. The number of hydrogen-bond donors (Lipinski definition) is 0. The largest absolute Gasteiger partial charge is 0.0619 e. The van der Waals surface area contributed by atoms with Crippen molar-refractivity contribution in [1.82, 2.24) is 0 Å². The Bertz CT molecular complexity index is 1420. The van der Waals surface area contributed by atoms with Crippen molar-refractivity contribution >= 4 is 21.5 Å². The Morgan fingerprint density at radius 2 is 1.07 bits per heavy atom. The zero-order valence-corrected chi connectivity index (χ0v) is 18.1. The van der Waals surface area contributed by atoms with Gasteiger partial charge in [-0.15, -0.1) is 0 Å². The van der Waals surface area contributed by atoms with Gasteiger partial charge in [-0.2, -0.15) is 0 Å². The van der Waals surface area contributed by atoms with Crippen LogP contribution in [0.4, 0.5) is 0 Å². The van der Waals surface area contributed by atoms with Crippen molar-refractivity contribution in [2.75, 3.05) is 0 Å². The van der Waals surface area contributed by atoms with Crippen molar-refractivity contribution in [2.24, 2.45) is 0 Å². The van der Waals surface area contributed by atoms with Gasteiger partial charge in [-0.1, -0.05) is 82.7 Å². The van der Waals surface area contributed by atoms with Gasteiger partial charge in [-0.05, 0) is 86.2 Å². The maximum Gasteiger partial charge on any atom is 0.00794 e. The molecule has 4 aromatic carbocycles. The fourth-order valence-electron chi connectivity index (χ4n) is 5.70. The highest BCUT2D eigenvalue weighted by Crippen LogP contribution is 2.50. The lowest BCUT2D eigenvalue weighted by Crippen LogP contribution is -1.93. The third-order valence-corrected chi connectivity index (χ3v) is 7.67. The van der Waals surface area contributed by atoms with Crippen LogP contribution < -0.4 is 0 Å². The minimum atomic E-state index is 0.988. The summed E-state index contributed by atoms with van der Waals surface area (Å²) in [5.41, 5.74) is 17.1. The minimum Gasteiger partial charge on any atom is -0.0619 e. The molecule has 0 amide bonds. The second-order valence-corrected chi connectivity index (χ2v) is 9.59. The molecule has 0 bridgehead atoms. The van der Waals surface area contributed by atoms with Crippen molar-refractivity contribution in [1.29, 1.82) is 0 Å². The van der Waals surface area contributed by atoms with Crippen LogP contribution >= 0.6 is 15.9 Å². The first-order valence-corrected chi connectivity index (χ1v) is 11.4. The highest BCUT2D eigenvalue weighted by molar-refractivity contribution is 9.11. The second-order valence-electron chi connectivity index (χ2n) is 8.63. The predicted octanol–water partition coefficient (Wildman–Crippen LogP) is 7.54. The van der Waals surface area contributed by atoms with Gasteiger partial charge in [0.05, 0.1) is 0 Å². The van der Waals surface area contributed by atoms with Crippen LogP contribution in [0.3, 0.4) is 0 Å². The standard InChI is InChI=1S/C29H19Br/c30-27-16-18-7-2-4-10-23(18)29(27)24-11-5-8-19-13-21-14-25-20(15-26(21)28(19)24)12-17-6-1-3-9-22(17)25/h1-11,14-15H,12-13,16H2. The number of allylic oxidation sites excluding steroid dienone is 1. The average Bonchev–Trinajstić information content (AvgIpc) is 3.41. The van der Waals surface area contributed by atoms with E-state index >= 15 is 0 Å². The molecule has 0 radical (unpaired) electrons. The molecule has 0 spiro atoms. The summed E-state index contributed by atoms with van der Waals surface area (Å²) in [6.07, 6.45) is 3.06. The van der Waals surface area contributed by atoms with Gasteiger partial charge in [0.2, 0.25) is 0 Å². The summed E-state index contributed by atoms with van der Waals surface area (Å²) >= 11 is 3.92. The van der Waals surface area contributed by atoms with Gasteiger partial charge in [0.15, 0.2) is 0 Å². The monoisotopic (exact) mass is 446 g/mol. The molecule has 3 aliphatic carbocycles. The van der Waals surface area contributed by atoms with Crippen molar-refractivity contribution < 1.29 is 0 Å². The molecule has 0 N–H and O–H groups in total. The summed E-state index contributed by atoms with van der Waals surface area (Å²) in [5, 5.41) is 0. The lowest BCUT2D eigenvalue weighted by Gasteiger charge is -2.14. The topological polar surface area (TPSA) is 0 Å². The van der Waals surface area contributed by atoms with E-state index in [9.17, 15) is 0 Å². The molecule has 142 valence electrons. The first kappa shape index (κ1) is 16.8. The highest BCUT2D eigenvalue weighted by Gasteiger charge is 2.30. The molecule has 0 saturated heterocycles. The van der Waals surface area contributed by atoms with E-state index in [-0.39, 0.29) is 0 Å². The maximum absolute atomic E-state index is 3.92. The summed E-state index contributed by atoms with van der Waals surface area (Å²) in [5.74, 6) is 0. The molecule has 0 aliphatic heterocycles. The first-order valence-electron chi connectivity index (χ1n) is 10.6. The molecule has 0 nitrogen and oxygen atoms in total. The molecule has 0 aromatic heterocycles.